The second-order valence-corrected chi connectivity index (χ2v) is 6.83. The van der Waals surface area contributed by atoms with Crippen LogP contribution in [0.25, 0.3) is 0 Å². The minimum Gasteiger partial charge on any atom is -0.453 e. The summed E-state index contributed by atoms with van der Waals surface area (Å²) >= 11 is 0. The lowest BCUT2D eigenvalue weighted by atomic mass is 9.93. The first kappa shape index (κ1) is 19.7. The van der Waals surface area contributed by atoms with Gasteiger partial charge in [-0.05, 0) is 43.4 Å². The van der Waals surface area contributed by atoms with Crippen LogP contribution in [0.15, 0.2) is 46.9 Å². The van der Waals surface area contributed by atoms with Gasteiger partial charge in [0.2, 0.25) is 0 Å². The molecule has 146 valence electrons. The molecular formula is C21H21NO6. The fourth-order valence-electron chi connectivity index (χ4n) is 2.71. The largest absolute Gasteiger partial charge is 0.453 e. The summed E-state index contributed by atoms with van der Waals surface area (Å²) in [5, 5.41) is 10.2. The summed E-state index contributed by atoms with van der Waals surface area (Å²) in [4.78, 5) is 22.4. The van der Waals surface area contributed by atoms with Crippen LogP contribution < -0.4 is 5.73 Å². The Morgan fingerprint density at radius 3 is 2.43 bits per heavy atom. The number of nitrogens with two attached hydrogens (primary N) is 1. The molecule has 1 aliphatic rings. The summed E-state index contributed by atoms with van der Waals surface area (Å²) in [7, 11) is 0. The van der Waals surface area contributed by atoms with Crippen molar-refractivity contribution >= 4 is 11.9 Å². The second-order valence-electron chi connectivity index (χ2n) is 6.83. The van der Waals surface area contributed by atoms with Crippen LogP contribution in [0.3, 0.4) is 0 Å². The molecule has 0 radical (unpaired) electrons. The minimum atomic E-state index is -2.49. The molecule has 0 unspecified atom stereocenters. The van der Waals surface area contributed by atoms with Crippen molar-refractivity contribution in [2.75, 3.05) is 0 Å². The molecule has 0 saturated carbocycles. The molecule has 1 fully saturated rings. The van der Waals surface area contributed by atoms with Gasteiger partial charge in [0, 0.05) is 12.8 Å². The summed E-state index contributed by atoms with van der Waals surface area (Å²) in [6, 6.07) is 13.6. The molecule has 28 heavy (non-hydrogen) atoms. The van der Waals surface area contributed by atoms with Crippen molar-refractivity contribution in [1.82, 2.24) is 0 Å². The zero-order chi connectivity index (χ0) is 20.2. The molecule has 7 heteroatoms. The topological polar surface area (TPSA) is 112 Å². The maximum atomic E-state index is 11.2. The number of hydrogen-bond acceptors (Lipinski definition) is 7. The second kappa shape index (κ2) is 7.89. The quantitative estimate of drug-likeness (QED) is 0.443. The van der Waals surface area contributed by atoms with Gasteiger partial charge in [-0.15, -0.1) is 0 Å². The van der Waals surface area contributed by atoms with E-state index in [0.29, 0.717) is 24.4 Å². The lowest BCUT2D eigenvalue weighted by molar-refractivity contribution is -0.324. The Morgan fingerprint density at radius 1 is 1.07 bits per heavy atom. The molecule has 1 aromatic carbocycles. The Labute approximate surface area is 162 Å². The van der Waals surface area contributed by atoms with Gasteiger partial charge in [0.25, 0.3) is 0 Å². The molecule has 0 spiro atoms. The molecule has 0 amide bonds. The monoisotopic (exact) mass is 383 g/mol. The summed E-state index contributed by atoms with van der Waals surface area (Å²) in [6.45, 7) is 1.42. The Hall–Kier alpha value is -3.08. The van der Waals surface area contributed by atoms with E-state index in [-0.39, 0.29) is 6.42 Å². The van der Waals surface area contributed by atoms with Crippen LogP contribution in [0.2, 0.25) is 0 Å². The molecule has 7 nitrogen and oxygen atoms in total. The number of benzene rings is 1. The first-order valence-electron chi connectivity index (χ1n) is 8.88. The maximum absolute atomic E-state index is 11.2. The molecule has 1 atom stereocenters. The molecule has 2 heterocycles. The number of aryl methyl sites for hydroxylation is 2. The molecule has 0 bridgehead atoms. The van der Waals surface area contributed by atoms with Crippen LogP contribution in [0.4, 0.5) is 0 Å². The van der Waals surface area contributed by atoms with Crippen LogP contribution in [-0.2, 0) is 31.9 Å². The van der Waals surface area contributed by atoms with E-state index in [4.69, 9.17) is 10.2 Å². The van der Waals surface area contributed by atoms with Crippen molar-refractivity contribution < 1.29 is 28.6 Å². The maximum Gasteiger partial charge on any atom is 0.422 e. The third-order valence-corrected chi connectivity index (χ3v) is 4.50. The predicted molar refractivity (Wildman–Crippen MR) is 98.4 cm³/mol. The lowest BCUT2D eigenvalue weighted by Crippen LogP contribution is -2.60. The number of hydrogen-bond donors (Lipinski definition) is 2. The van der Waals surface area contributed by atoms with E-state index in [1.165, 1.54) is 12.5 Å². The van der Waals surface area contributed by atoms with Gasteiger partial charge in [-0.3, -0.25) is 0 Å². The summed E-state index contributed by atoms with van der Waals surface area (Å²) in [6.07, 6.45) is 2.04. The highest BCUT2D eigenvalue weighted by molar-refractivity contribution is 6.31. The average Bonchev–Trinajstić information content (AvgIpc) is 3.22. The number of cyclic esters (lactones) is 2. The summed E-state index contributed by atoms with van der Waals surface area (Å²) in [5.41, 5.74) is 5.73. The number of carbonyl (C=O) groups excluding carboxylic acids is 2. The van der Waals surface area contributed by atoms with Crippen molar-refractivity contribution in [3.8, 4) is 11.8 Å². The highest BCUT2D eigenvalue weighted by atomic mass is 16.9. The minimum absolute atomic E-state index is 0.137. The van der Waals surface area contributed by atoms with E-state index < -0.39 is 23.5 Å². The Morgan fingerprint density at radius 2 is 1.75 bits per heavy atom. The van der Waals surface area contributed by atoms with Crippen molar-refractivity contribution in [3.05, 3.63) is 59.5 Å². The van der Waals surface area contributed by atoms with Crippen LogP contribution in [0, 0.1) is 11.8 Å². The first-order valence-corrected chi connectivity index (χ1v) is 8.88. The van der Waals surface area contributed by atoms with Crippen molar-refractivity contribution in [2.45, 2.75) is 44.1 Å². The summed E-state index contributed by atoms with van der Waals surface area (Å²) < 4.78 is 14.8. The van der Waals surface area contributed by atoms with Gasteiger partial charge in [-0.1, -0.05) is 36.3 Å². The molecule has 3 N–H and O–H groups in total. The van der Waals surface area contributed by atoms with E-state index in [2.05, 4.69) is 33.4 Å². The SMILES string of the molecule is C[C@@](N)(CCc1ccc(C#CCCc2ccccc2)o1)C1(O)OC(=O)C(=O)O1. The van der Waals surface area contributed by atoms with Crippen molar-refractivity contribution in [3.63, 3.8) is 0 Å². The zero-order valence-corrected chi connectivity index (χ0v) is 15.4. The number of aliphatic hydroxyl groups is 1. The van der Waals surface area contributed by atoms with Crippen molar-refractivity contribution in [2.24, 2.45) is 5.73 Å². The smallest absolute Gasteiger partial charge is 0.422 e. The molecule has 0 aliphatic carbocycles. The third-order valence-electron chi connectivity index (χ3n) is 4.50. The molecule has 1 aliphatic heterocycles. The van der Waals surface area contributed by atoms with E-state index >= 15 is 0 Å². The van der Waals surface area contributed by atoms with Crippen LogP contribution in [0.5, 0.6) is 0 Å². The number of esters is 2. The van der Waals surface area contributed by atoms with Gasteiger partial charge in [0.1, 0.15) is 11.3 Å². The van der Waals surface area contributed by atoms with E-state index in [1.807, 2.05) is 18.2 Å². The lowest BCUT2D eigenvalue weighted by Gasteiger charge is -2.34. The van der Waals surface area contributed by atoms with Crippen LogP contribution in [0.1, 0.15) is 36.8 Å². The van der Waals surface area contributed by atoms with Crippen LogP contribution in [-0.4, -0.2) is 28.6 Å². The molecular weight excluding hydrogens is 362 g/mol. The Balaban J connectivity index is 1.53. The van der Waals surface area contributed by atoms with Gasteiger partial charge >= 0.3 is 17.9 Å². The van der Waals surface area contributed by atoms with Crippen LogP contribution >= 0.6 is 0 Å². The number of carbonyl (C=O) groups is 2. The first-order chi connectivity index (χ1) is 13.3. The molecule has 2 aromatic rings. The molecule has 1 saturated heterocycles. The highest BCUT2D eigenvalue weighted by Crippen LogP contribution is 2.32. The number of furan rings is 1. The fourth-order valence-corrected chi connectivity index (χ4v) is 2.71. The fraction of sp³-hybridized carbons (Fsp3) is 0.333. The van der Waals surface area contributed by atoms with E-state index in [1.54, 1.807) is 12.1 Å². The highest BCUT2D eigenvalue weighted by Gasteiger charge is 2.58. The molecule has 3 rings (SSSR count). The average molecular weight is 383 g/mol. The summed E-state index contributed by atoms with van der Waals surface area (Å²) in [5.74, 6) is 2.13. The standard InChI is InChI=1S/C21H21NO6/c1-20(22,21(25)27-18(23)19(24)28-21)14-13-17-12-11-16(26-17)10-6-5-9-15-7-3-2-4-8-15/h2-4,7-8,11-12,25H,5,9,13-14,22H2,1H3/t20-/m1/s1. The normalized spacial score (nSPS) is 17.2. The van der Waals surface area contributed by atoms with E-state index in [0.717, 1.165) is 6.42 Å². The Kier molecular flexibility index (Phi) is 5.54. The third kappa shape index (κ3) is 4.42. The Bertz CT molecular complexity index is 903. The molecule has 1 aromatic heterocycles. The van der Waals surface area contributed by atoms with Gasteiger partial charge in [-0.25, -0.2) is 9.59 Å². The van der Waals surface area contributed by atoms with Gasteiger partial charge < -0.3 is 24.7 Å². The predicted octanol–water partition coefficient (Wildman–Crippen LogP) is 1.66. The van der Waals surface area contributed by atoms with Gasteiger partial charge in [0.15, 0.2) is 5.76 Å². The zero-order valence-electron chi connectivity index (χ0n) is 15.4. The van der Waals surface area contributed by atoms with Gasteiger partial charge in [-0.2, -0.15) is 0 Å². The van der Waals surface area contributed by atoms with Crippen molar-refractivity contribution in [1.29, 1.82) is 0 Å². The number of ether oxygens (including phenoxy) is 2. The number of rotatable bonds is 6. The van der Waals surface area contributed by atoms with Gasteiger partial charge in [0.05, 0.1) is 0 Å². The van der Waals surface area contributed by atoms with E-state index in [9.17, 15) is 14.7 Å².